The van der Waals surface area contributed by atoms with Crippen LogP contribution in [0.3, 0.4) is 0 Å². The number of esters is 1. The second kappa shape index (κ2) is 10.2. The van der Waals surface area contributed by atoms with Crippen molar-refractivity contribution < 1.29 is 23.1 Å². The predicted octanol–water partition coefficient (Wildman–Crippen LogP) is 3.90. The average Bonchev–Trinajstić information content (AvgIpc) is 2.52. The summed E-state index contributed by atoms with van der Waals surface area (Å²) in [4.78, 5) is 11.3. The number of rotatable bonds is 10. The van der Waals surface area contributed by atoms with Gasteiger partial charge in [-0.2, -0.15) is 0 Å². The van der Waals surface area contributed by atoms with E-state index in [1.807, 2.05) is 24.3 Å². The maximum Gasteiger partial charge on any atom is 0.354 e. The van der Waals surface area contributed by atoms with E-state index in [0.29, 0.717) is 19.8 Å². The van der Waals surface area contributed by atoms with Crippen LogP contribution in [0.1, 0.15) is 26.3 Å². The molecule has 0 amide bonds. The van der Waals surface area contributed by atoms with Crippen molar-refractivity contribution in [2.24, 2.45) is 0 Å². The molecular weight excluding hydrogens is 317 g/mol. The van der Waals surface area contributed by atoms with Gasteiger partial charge in [0, 0.05) is 11.5 Å². The fourth-order valence-corrected chi connectivity index (χ4v) is 3.12. The van der Waals surface area contributed by atoms with Crippen molar-refractivity contribution in [1.29, 1.82) is 0 Å². The fraction of sp³-hybridized carbons (Fsp3) is 0.438. The van der Waals surface area contributed by atoms with Gasteiger partial charge in [0.1, 0.15) is 6.54 Å². The van der Waals surface area contributed by atoms with E-state index in [1.54, 1.807) is 26.8 Å². The lowest BCUT2D eigenvalue weighted by atomic mass is 10.2. The van der Waals surface area contributed by atoms with E-state index in [2.05, 4.69) is 5.32 Å². The summed E-state index contributed by atoms with van der Waals surface area (Å²) in [7, 11) is -3.22. The molecule has 0 saturated heterocycles. The zero-order valence-corrected chi connectivity index (χ0v) is 14.7. The van der Waals surface area contributed by atoms with Crippen LogP contribution in [0.2, 0.25) is 0 Å². The molecule has 0 saturated carbocycles. The minimum absolute atomic E-state index is 0.0946. The van der Waals surface area contributed by atoms with Crippen LogP contribution in [0.4, 0.5) is 5.69 Å². The zero-order valence-electron chi connectivity index (χ0n) is 13.8. The molecule has 0 unspecified atom stereocenters. The number of ether oxygens (including phenoxy) is 1. The van der Waals surface area contributed by atoms with Crippen LogP contribution in [0.15, 0.2) is 30.1 Å². The van der Waals surface area contributed by atoms with E-state index in [9.17, 15) is 9.36 Å². The van der Waals surface area contributed by atoms with Gasteiger partial charge in [-0.25, -0.2) is 0 Å². The van der Waals surface area contributed by atoms with E-state index in [1.165, 1.54) is 5.82 Å². The van der Waals surface area contributed by atoms with Crippen molar-refractivity contribution >= 4 is 25.3 Å². The molecule has 0 heterocycles. The lowest BCUT2D eigenvalue weighted by molar-refractivity contribution is -0.140. The van der Waals surface area contributed by atoms with E-state index < -0.39 is 7.60 Å². The largest absolute Gasteiger partial charge is 0.465 e. The molecule has 0 aliphatic carbocycles. The lowest BCUT2D eigenvalue weighted by Crippen LogP contribution is -2.16. The predicted molar refractivity (Wildman–Crippen MR) is 91.5 cm³/mol. The summed E-state index contributed by atoms with van der Waals surface area (Å²) in [6.07, 6.45) is 1.68. The third kappa shape index (κ3) is 7.46. The van der Waals surface area contributed by atoms with Gasteiger partial charge >= 0.3 is 13.6 Å². The van der Waals surface area contributed by atoms with Crippen LogP contribution in [-0.4, -0.2) is 32.3 Å². The van der Waals surface area contributed by atoms with Crippen LogP contribution in [-0.2, 0) is 23.1 Å². The summed E-state index contributed by atoms with van der Waals surface area (Å²) in [6, 6.07) is 7.35. The van der Waals surface area contributed by atoms with Crippen molar-refractivity contribution in [1.82, 2.24) is 0 Å². The second-order valence-corrected chi connectivity index (χ2v) is 6.37. The van der Waals surface area contributed by atoms with Crippen LogP contribution in [0.25, 0.3) is 6.08 Å². The Hall–Kier alpha value is -1.62. The smallest absolute Gasteiger partial charge is 0.354 e. The number of benzene rings is 1. The van der Waals surface area contributed by atoms with Gasteiger partial charge in [0.15, 0.2) is 0 Å². The molecule has 6 nitrogen and oxygen atoms in total. The summed E-state index contributed by atoms with van der Waals surface area (Å²) in [6.45, 7) is 6.35. The first kappa shape index (κ1) is 19.4. The molecule has 0 radical (unpaired) electrons. The van der Waals surface area contributed by atoms with Gasteiger partial charge < -0.3 is 19.1 Å². The molecule has 128 valence electrons. The third-order valence-corrected chi connectivity index (χ3v) is 4.45. The molecule has 0 aromatic heterocycles. The molecule has 0 aliphatic rings. The first-order valence-electron chi connectivity index (χ1n) is 7.60. The number of hydrogen-bond acceptors (Lipinski definition) is 6. The molecule has 1 rings (SSSR count). The van der Waals surface area contributed by atoms with Crippen molar-refractivity contribution in [3.05, 3.63) is 35.6 Å². The molecule has 0 fully saturated rings. The number of anilines is 1. The SMILES string of the molecule is CCOC(=O)CNc1cccc(C=CP(=O)(OCC)OCC)c1. The van der Waals surface area contributed by atoms with Gasteiger partial charge in [-0.3, -0.25) is 9.36 Å². The van der Waals surface area contributed by atoms with Crippen LogP contribution in [0, 0.1) is 0 Å². The van der Waals surface area contributed by atoms with Crippen molar-refractivity contribution in [3.8, 4) is 0 Å². The lowest BCUT2D eigenvalue weighted by Gasteiger charge is -2.12. The Morgan fingerprint density at radius 1 is 1.17 bits per heavy atom. The Kier molecular flexibility index (Phi) is 8.62. The number of carbonyl (C=O) groups excluding carboxylic acids is 1. The molecule has 1 N–H and O–H groups in total. The number of hydrogen-bond donors (Lipinski definition) is 1. The number of nitrogens with one attached hydrogen (secondary N) is 1. The van der Waals surface area contributed by atoms with Gasteiger partial charge in [-0.1, -0.05) is 12.1 Å². The van der Waals surface area contributed by atoms with Gasteiger partial charge in [-0.05, 0) is 44.5 Å². The maximum absolute atomic E-state index is 12.4. The van der Waals surface area contributed by atoms with E-state index in [-0.39, 0.29) is 12.5 Å². The molecule has 0 spiro atoms. The van der Waals surface area contributed by atoms with Crippen LogP contribution in [0.5, 0.6) is 0 Å². The Bertz CT molecular complexity index is 563. The van der Waals surface area contributed by atoms with E-state index in [0.717, 1.165) is 11.3 Å². The quantitative estimate of drug-likeness (QED) is 0.514. The number of carbonyl (C=O) groups is 1. The molecular formula is C16H24NO5P. The summed E-state index contributed by atoms with van der Waals surface area (Å²) in [5.41, 5.74) is 1.58. The molecule has 7 heteroatoms. The van der Waals surface area contributed by atoms with E-state index >= 15 is 0 Å². The van der Waals surface area contributed by atoms with E-state index in [4.69, 9.17) is 13.8 Å². The summed E-state index contributed by atoms with van der Waals surface area (Å²) < 4.78 is 27.6. The standard InChI is InChI=1S/C16H24NO5P/c1-4-20-16(18)13-17-15-9-7-8-14(12-15)10-11-23(19,21-5-2)22-6-3/h7-12,17H,4-6,13H2,1-3H3. The third-order valence-electron chi connectivity index (χ3n) is 2.70. The molecule has 1 aromatic rings. The summed E-state index contributed by atoms with van der Waals surface area (Å²) in [5, 5.41) is 2.98. The maximum atomic E-state index is 12.4. The molecule has 23 heavy (non-hydrogen) atoms. The zero-order chi connectivity index (χ0) is 17.1. The molecule has 1 aromatic carbocycles. The minimum Gasteiger partial charge on any atom is -0.465 e. The summed E-state index contributed by atoms with van der Waals surface area (Å²) >= 11 is 0. The van der Waals surface area contributed by atoms with Gasteiger partial charge in [0.2, 0.25) is 0 Å². The molecule has 0 bridgehead atoms. The Labute approximate surface area is 137 Å². The molecule has 0 aliphatic heterocycles. The Morgan fingerprint density at radius 2 is 1.87 bits per heavy atom. The highest BCUT2D eigenvalue weighted by Crippen LogP contribution is 2.50. The van der Waals surface area contributed by atoms with Gasteiger partial charge in [-0.15, -0.1) is 0 Å². The van der Waals surface area contributed by atoms with Crippen molar-refractivity contribution in [3.63, 3.8) is 0 Å². The highest BCUT2D eigenvalue weighted by Gasteiger charge is 2.18. The van der Waals surface area contributed by atoms with Crippen molar-refractivity contribution in [2.75, 3.05) is 31.7 Å². The topological polar surface area (TPSA) is 73.9 Å². The Balaban J connectivity index is 2.74. The van der Waals surface area contributed by atoms with Crippen LogP contribution < -0.4 is 5.32 Å². The highest BCUT2D eigenvalue weighted by molar-refractivity contribution is 7.57. The molecule has 0 atom stereocenters. The first-order valence-corrected chi connectivity index (χ1v) is 9.21. The van der Waals surface area contributed by atoms with Crippen molar-refractivity contribution in [2.45, 2.75) is 20.8 Å². The second-order valence-electron chi connectivity index (χ2n) is 4.48. The van der Waals surface area contributed by atoms with Gasteiger partial charge in [0.25, 0.3) is 0 Å². The average molecular weight is 341 g/mol. The van der Waals surface area contributed by atoms with Gasteiger partial charge in [0.05, 0.1) is 19.8 Å². The highest BCUT2D eigenvalue weighted by atomic mass is 31.2. The first-order chi connectivity index (χ1) is 11.0. The summed E-state index contributed by atoms with van der Waals surface area (Å²) in [5.74, 6) is 1.13. The monoisotopic (exact) mass is 341 g/mol. The normalized spacial score (nSPS) is 11.6. The fourth-order valence-electron chi connectivity index (χ4n) is 1.80. The van der Waals surface area contributed by atoms with Crippen LogP contribution >= 0.6 is 7.60 Å². The Morgan fingerprint density at radius 3 is 2.48 bits per heavy atom. The minimum atomic E-state index is -3.22.